The van der Waals surface area contributed by atoms with Gasteiger partial charge in [0, 0.05) is 11.1 Å². The molecule has 0 saturated heterocycles. The summed E-state index contributed by atoms with van der Waals surface area (Å²) < 4.78 is 10.6. The normalized spacial score (nSPS) is 10.2. The zero-order valence-electron chi connectivity index (χ0n) is 14.3. The number of hydrogen-bond acceptors (Lipinski definition) is 4. The van der Waals surface area contributed by atoms with Crippen molar-refractivity contribution in [1.82, 2.24) is 0 Å². The Morgan fingerprint density at radius 1 is 0.769 bits per heavy atom. The summed E-state index contributed by atoms with van der Waals surface area (Å²) >= 11 is 0. The molecule has 0 aliphatic rings. The van der Waals surface area contributed by atoms with Crippen LogP contribution in [0.5, 0.6) is 11.5 Å². The SMILES string of the molecule is Cc1cccc(OC(=O)COc2ccc(C(=O)c3ccccc3)cc2)c1. The molecule has 0 fully saturated rings. The maximum Gasteiger partial charge on any atom is 0.349 e. The highest BCUT2D eigenvalue weighted by atomic mass is 16.6. The molecule has 3 aromatic rings. The van der Waals surface area contributed by atoms with Crippen LogP contribution in [0.3, 0.4) is 0 Å². The van der Waals surface area contributed by atoms with Gasteiger partial charge in [0.05, 0.1) is 0 Å². The molecule has 0 unspecified atom stereocenters. The van der Waals surface area contributed by atoms with Gasteiger partial charge in [0.25, 0.3) is 0 Å². The number of carbonyl (C=O) groups is 2. The van der Waals surface area contributed by atoms with E-state index in [0.29, 0.717) is 22.6 Å². The fourth-order valence-electron chi connectivity index (χ4n) is 2.44. The van der Waals surface area contributed by atoms with Gasteiger partial charge in [-0.3, -0.25) is 4.79 Å². The number of ketones is 1. The van der Waals surface area contributed by atoms with Gasteiger partial charge < -0.3 is 9.47 Å². The zero-order valence-corrected chi connectivity index (χ0v) is 14.3. The molecule has 0 saturated carbocycles. The van der Waals surface area contributed by atoms with Crippen molar-refractivity contribution in [3.63, 3.8) is 0 Å². The quantitative estimate of drug-likeness (QED) is 0.381. The number of hydrogen-bond donors (Lipinski definition) is 0. The second-order valence-electron chi connectivity index (χ2n) is 5.80. The summed E-state index contributed by atoms with van der Waals surface area (Å²) in [4.78, 5) is 24.2. The molecule has 130 valence electrons. The smallest absolute Gasteiger partial charge is 0.349 e. The van der Waals surface area contributed by atoms with Gasteiger partial charge >= 0.3 is 5.97 Å². The molecule has 26 heavy (non-hydrogen) atoms. The Bertz CT molecular complexity index is 899. The van der Waals surface area contributed by atoms with Gasteiger partial charge in [0.2, 0.25) is 0 Å². The average molecular weight is 346 g/mol. The van der Waals surface area contributed by atoms with Crippen molar-refractivity contribution in [2.24, 2.45) is 0 Å². The Morgan fingerprint density at radius 2 is 1.46 bits per heavy atom. The number of aryl methyl sites for hydroxylation is 1. The molecular weight excluding hydrogens is 328 g/mol. The van der Waals surface area contributed by atoms with Crippen LogP contribution in [-0.4, -0.2) is 18.4 Å². The molecule has 4 nitrogen and oxygen atoms in total. The van der Waals surface area contributed by atoms with Gasteiger partial charge in [-0.05, 0) is 48.9 Å². The van der Waals surface area contributed by atoms with Crippen LogP contribution in [0.15, 0.2) is 78.9 Å². The topological polar surface area (TPSA) is 52.6 Å². The summed E-state index contributed by atoms with van der Waals surface area (Å²) in [5.41, 5.74) is 2.20. The first kappa shape index (κ1) is 17.4. The lowest BCUT2D eigenvalue weighted by Gasteiger charge is -2.08. The van der Waals surface area contributed by atoms with Crippen molar-refractivity contribution >= 4 is 11.8 Å². The first-order valence-corrected chi connectivity index (χ1v) is 8.22. The zero-order chi connectivity index (χ0) is 18.4. The number of benzene rings is 3. The Hall–Kier alpha value is -3.40. The average Bonchev–Trinajstić information content (AvgIpc) is 2.67. The van der Waals surface area contributed by atoms with E-state index in [0.717, 1.165) is 5.56 Å². The van der Waals surface area contributed by atoms with Crippen molar-refractivity contribution < 1.29 is 19.1 Å². The maximum absolute atomic E-state index is 12.3. The van der Waals surface area contributed by atoms with Crippen LogP contribution in [-0.2, 0) is 4.79 Å². The van der Waals surface area contributed by atoms with E-state index < -0.39 is 5.97 Å². The van der Waals surface area contributed by atoms with Crippen molar-refractivity contribution in [2.45, 2.75) is 6.92 Å². The van der Waals surface area contributed by atoms with E-state index in [-0.39, 0.29) is 12.4 Å². The third kappa shape index (κ3) is 4.57. The Kier molecular flexibility index (Phi) is 5.44. The van der Waals surface area contributed by atoms with E-state index in [2.05, 4.69) is 0 Å². The summed E-state index contributed by atoms with van der Waals surface area (Å²) in [6.45, 7) is 1.71. The lowest BCUT2D eigenvalue weighted by atomic mass is 10.0. The minimum atomic E-state index is -0.486. The molecule has 0 aromatic heterocycles. The van der Waals surface area contributed by atoms with Crippen LogP contribution in [0.25, 0.3) is 0 Å². The van der Waals surface area contributed by atoms with Crippen LogP contribution in [0, 0.1) is 6.92 Å². The first-order valence-electron chi connectivity index (χ1n) is 8.22. The van der Waals surface area contributed by atoms with Gasteiger partial charge in [-0.1, -0.05) is 42.5 Å². The van der Waals surface area contributed by atoms with Crippen LogP contribution in [0.2, 0.25) is 0 Å². The molecule has 0 heterocycles. The van der Waals surface area contributed by atoms with E-state index in [1.54, 1.807) is 48.5 Å². The van der Waals surface area contributed by atoms with E-state index in [4.69, 9.17) is 9.47 Å². The highest BCUT2D eigenvalue weighted by molar-refractivity contribution is 6.08. The maximum atomic E-state index is 12.3. The predicted octanol–water partition coefficient (Wildman–Crippen LogP) is 4.21. The van der Waals surface area contributed by atoms with Gasteiger partial charge in [-0.2, -0.15) is 0 Å². The number of esters is 1. The minimum Gasteiger partial charge on any atom is -0.482 e. The standard InChI is InChI=1S/C22H18O4/c1-16-6-5-9-20(14-16)26-21(23)15-25-19-12-10-18(11-13-19)22(24)17-7-3-2-4-8-17/h2-14H,15H2,1H3. The lowest BCUT2D eigenvalue weighted by molar-refractivity contribution is -0.136. The van der Waals surface area contributed by atoms with E-state index in [1.807, 2.05) is 37.3 Å². The molecule has 0 bridgehead atoms. The molecule has 0 amide bonds. The molecule has 0 spiro atoms. The highest BCUT2D eigenvalue weighted by Crippen LogP contribution is 2.16. The van der Waals surface area contributed by atoms with E-state index in [1.165, 1.54) is 0 Å². The Balaban J connectivity index is 1.56. The van der Waals surface area contributed by atoms with Crippen molar-refractivity contribution in [3.8, 4) is 11.5 Å². The molecule has 0 radical (unpaired) electrons. The first-order chi connectivity index (χ1) is 12.6. The summed E-state index contributed by atoms with van der Waals surface area (Å²) in [6.07, 6.45) is 0. The monoisotopic (exact) mass is 346 g/mol. The summed E-state index contributed by atoms with van der Waals surface area (Å²) in [7, 11) is 0. The van der Waals surface area contributed by atoms with Gasteiger partial charge in [-0.25, -0.2) is 4.79 Å². The van der Waals surface area contributed by atoms with Crippen molar-refractivity contribution in [1.29, 1.82) is 0 Å². The van der Waals surface area contributed by atoms with Gasteiger partial charge in [0.15, 0.2) is 12.4 Å². The van der Waals surface area contributed by atoms with Crippen molar-refractivity contribution in [2.75, 3.05) is 6.61 Å². The highest BCUT2D eigenvalue weighted by Gasteiger charge is 2.10. The van der Waals surface area contributed by atoms with Crippen LogP contribution in [0.1, 0.15) is 21.5 Å². The number of carbonyl (C=O) groups excluding carboxylic acids is 2. The van der Waals surface area contributed by atoms with Gasteiger partial charge in [0.1, 0.15) is 11.5 Å². The fourth-order valence-corrected chi connectivity index (χ4v) is 2.44. The van der Waals surface area contributed by atoms with Crippen LogP contribution in [0.4, 0.5) is 0 Å². The molecular formula is C22H18O4. The second kappa shape index (κ2) is 8.12. The molecule has 0 atom stereocenters. The minimum absolute atomic E-state index is 0.0593. The third-order valence-corrected chi connectivity index (χ3v) is 3.73. The predicted molar refractivity (Wildman–Crippen MR) is 98.6 cm³/mol. The Morgan fingerprint density at radius 3 is 2.15 bits per heavy atom. The van der Waals surface area contributed by atoms with E-state index >= 15 is 0 Å². The fraction of sp³-hybridized carbons (Fsp3) is 0.0909. The number of ether oxygens (including phenoxy) is 2. The molecule has 3 rings (SSSR count). The van der Waals surface area contributed by atoms with E-state index in [9.17, 15) is 9.59 Å². The molecule has 0 N–H and O–H groups in total. The molecule has 0 aliphatic carbocycles. The van der Waals surface area contributed by atoms with Gasteiger partial charge in [-0.15, -0.1) is 0 Å². The second-order valence-corrected chi connectivity index (χ2v) is 5.80. The Labute approximate surface area is 152 Å². The summed E-state index contributed by atoms with van der Waals surface area (Å²) in [6, 6.07) is 23.0. The summed E-state index contributed by atoms with van der Waals surface area (Å²) in [5.74, 6) is 0.439. The summed E-state index contributed by atoms with van der Waals surface area (Å²) in [5, 5.41) is 0. The lowest BCUT2D eigenvalue weighted by Crippen LogP contribution is -2.17. The number of rotatable bonds is 6. The third-order valence-electron chi connectivity index (χ3n) is 3.73. The molecule has 3 aromatic carbocycles. The largest absolute Gasteiger partial charge is 0.482 e. The molecule has 0 aliphatic heterocycles. The van der Waals surface area contributed by atoms with Crippen LogP contribution >= 0.6 is 0 Å². The van der Waals surface area contributed by atoms with Crippen molar-refractivity contribution in [3.05, 3.63) is 95.6 Å². The molecule has 4 heteroatoms. The van der Waals surface area contributed by atoms with Crippen LogP contribution < -0.4 is 9.47 Å².